The molecule has 0 aliphatic carbocycles. The number of aryl methyl sites for hydroxylation is 3. The quantitative estimate of drug-likeness (QED) is 0.799. The van der Waals surface area contributed by atoms with Crippen LogP contribution >= 0.6 is 0 Å². The van der Waals surface area contributed by atoms with Gasteiger partial charge in [-0.15, -0.1) is 0 Å². The Kier molecular flexibility index (Phi) is 3.25. The summed E-state index contributed by atoms with van der Waals surface area (Å²) >= 11 is 0. The van der Waals surface area contributed by atoms with Crippen LogP contribution in [0.2, 0.25) is 0 Å². The van der Waals surface area contributed by atoms with Gasteiger partial charge in [-0.2, -0.15) is 0 Å². The summed E-state index contributed by atoms with van der Waals surface area (Å²) in [4.78, 5) is 12.1. The van der Waals surface area contributed by atoms with Gasteiger partial charge in [-0.1, -0.05) is 11.2 Å². The zero-order chi connectivity index (χ0) is 15.0. The lowest BCUT2D eigenvalue weighted by Gasteiger charge is -2.02. The summed E-state index contributed by atoms with van der Waals surface area (Å²) in [5.41, 5.74) is 3.94. The number of rotatable bonds is 3. The summed E-state index contributed by atoms with van der Waals surface area (Å²) in [5, 5.41) is 7.46. The first kappa shape index (κ1) is 13.4. The van der Waals surface area contributed by atoms with Crippen molar-refractivity contribution in [3.05, 3.63) is 46.9 Å². The normalized spacial score (nSPS) is 11.0. The molecule has 1 aromatic carbocycles. The molecule has 0 atom stereocenters. The Bertz CT molecular complexity index is 814. The van der Waals surface area contributed by atoms with Gasteiger partial charge in [-0.3, -0.25) is 4.79 Å². The third-order valence-corrected chi connectivity index (χ3v) is 3.34. The van der Waals surface area contributed by atoms with Crippen molar-refractivity contribution in [1.82, 2.24) is 5.16 Å². The van der Waals surface area contributed by atoms with Gasteiger partial charge in [0.15, 0.2) is 5.82 Å². The van der Waals surface area contributed by atoms with Crippen LogP contribution in [0.3, 0.4) is 0 Å². The summed E-state index contributed by atoms with van der Waals surface area (Å²) in [6.07, 6.45) is 1.88. The van der Waals surface area contributed by atoms with E-state index in [0.717, 1.165) is 27.7 Å². The Hall–Kier alpha value is -2.56. The Morgan fingerprint density at radius 1 is 1.24 bits per heavy atom. The van der Waals surface area contributed by atoms with Crippen LogP contribution in [0.25, 0.3) is 11.0 Å². The summed E-state index contributed by atoms with van der Waals surface area (Å²) in [5.74, 6) is 0.939. The molecule has 0 fully saturated rings. The molecule has 0 saturated carbocycles. The first-order chi connectivity index (χ1) is 10.0. The van der Waals surface area contributed by atoms with Crippen LogP contribution in [-0.2, 0) is 11.2 Å². The number of furan rings is 1. The Morgan fingerprint density at radius 2 is 2.05 bits per heavy atom. The molecule has 3 aromatic rings. The molecule has 5 nitrogen and oxygen atoms in total. The summed E-state index contributed by atoms with van der Waals surface area (Å²) in [6.45, 7) is 5.82. The topological polar surface area (TPSA) is 68.3 Å². The minimum absolute atomic E-state index is 0.147. The van der Waals surface area contributed by atoms with E-state index >= 15 is 0 Å². The van der Waals surface area contributed by atoms with Crippen LogP contribution in [0, 0.1) is 20.8 Å². The molecule has 0 unspecified atom stereocenters. The number of nitrogens with zero attached hydrogens (tertiary/aromatic N) is 1. The standard InChI is InChI=1S/C16H16N2O3/c1-9-4-10(2)16-12(8-20-13(16)5-9)7-15(19)17-14-6-11(3)21-18-14/h4-6,8H,7H2,1-3H3,(H,17,18,19). The number of nitrogens with one attached hydrogen (secondary N) is 1. The molecule has 0 bridgehead atoms. The van der Waals surface area contributed by atoms with Crippen molar-refractivity contribution >= 4 is 22.7 Å². The van der Waals surface area contributed by atoms with Gasteiger partial charge in [0.2, 0.25) is 5.91 Å². The molecule has 21 heavy (non-hydrogen) atoms. The van der Waals surface area contributed by atoms with Crippen molar-refractivity contribution < 1.29 is 13.7 Å². The van der Waals surface area contributed by atoms with E-state index in [4.69, 9.17) is 8.94 Å². The smallest absolute Gasteiger partial charge is 0.230 e. The lowest BCUT2D eigenvalue weighted by atomic mass is 10.0. The number of carbonyl (C=O) groups is 1. The Morgan fingerprint density at radius 3 is 2.76 bits per heavy atom. The number of hydrogen-bond donors (Lipinski definition) is 1. The molecule has 0 radical (unpaired) electrons. The average Bonchev–Trinajstić information content (AvgIpc) is 2.96. The van der Waals surface area contributed by atoms with E-state index in [-0.39, 0.29) is 12.3 Å². The van der Waals surface area contributed by atoms with Crippen LogP contribution in [0.4, 0.5) is 5.82 Å². The van der Waals surface area contributed by atoms with Gasteiger partial charge < -0.3 is 14.3 Å². The van der Waals surface area contributed by atoms with Crippen molar-refractivity contribution in [2.45, 2.75) is 27.2 Å². The van der Waals surface area contributed by atoms with Crippen molar-refractivity contribution in [2.75, 3.05) is 5.32 Å². The van der Waals surface area contributed by atoms with E-state index in [2.05, 4.69) is 16.5 Å². The maximum atomic E-state index is 12.1. The second-order valence-electron chi connectivity index (χ2n) is 5.26. The van der Waals surface area contributed by atoms with Gasteiger partial charge in [0.25, 0.3) is 0 Å². The molecule has 3 rings (SSSR count). The van der Waals surface area contributed by atoms with Crippen molar-refractivity contribution in [3.8, 4) is 0 Å². The highest BCUT2D eigenvalue weighted by molar-refractivity contribution is 5.95. The molecular formula is C16H16N2O3. The average molecular weight is 284 g/mol. The summed E-state index contributed by atoms with van der Waals surface area (Å²) in [6, 6.07) is 5.74. The Labute approximate surface area is 121 Å². The monoisotopic (exact) mass is 284 g/mol. The van der Waals surface area contributed by atoms with Crippen molar-refractivity contribution in [2.24, 2.45) is 0 Å². The van der Waals surface area contributed by atoms with E-state index in [1.54, 1.807) is 19.3 Å². The second kappa shape index (κ2) is 5.09. The third kappa shape index (κ3) is 2.67. The number of fused-ring (bicyclic) bond motifs is 1. The second-order valence-corrected chi connectivity index (χ2v) is 5.26. The predicted octanol–water partition coefficient (Wildman–Crippen LogP) is 3.53. The van der Waals surface area contributed by atoms with E-state index in [9.17, 15) is 4.79 Å². The third-order valence-electron chi connectivity index (χ3n) is 3.34. The predicted molar refractivity (Wildman–Crippen MR) is 79.3 cm³/mol. The highest BCUT2D eigenvalue weighted by Gasteiger charge is 2.14. The van der Waals surface area contributed by atoms with E-state index in [1.165, 1.54) is 0 Å². The van der Waals surface area contributed by atoms with Crippen LogP contribution in [0.5, 0.6) is 0 Å². The van der Waals surface area contributed by atoms with Gasteiger partial charge in [-0.25, -0.2) is 0 Å². The molecule has 0 aliphatic rings. The van der Waals surface area contributed by atoms with Crippen LogP contribution in [0.15, 0.2) is 33.4 Å². The molecule has 0 saturated heterocycles. The number of benzene rings is 1. The van der Waals surface area contributed by atoms with E-state index < -0.39 is 0 Å². The minimum Gasteiger partial charge on any atom is -0.464 e. The molecule has 1 amide bonds. The highest BCUT2D eigenvalue weighted by atomic mass is 16.5. The number of carbonyl (C=O) groups excluding carboxylic acids is 1. The summed E-state index contributed by atoms with van der Waals surface area (Å²) < 4.78 is 10.5. The molecule has 0 aliphatic heterocycles. The van der Waals surface area contributed by atoms with Gasteiger partial charge in [0.05, 0.1) is 12.7 Å². The number of hydrogen-bond acceptors (Lipinski definition) is 4. The largest absolute Gasteiger partial charge is 0.464 e. The van der Waals surface area contributed by atoms with Crippen LogP contribution < -0.4 is 5.32 Å². The number of aromatic nitrogens is 1. The van der Waals surface area contributed by atoms with Crippen LogP contribution in [-0.4, -0.2) is 11.1 Å². The van der Waals surface area contributed by atoms with Gasteiger partial charge in [-0.05, 0) is 38.0 Å². The SMILES string of the molecule is Cc1cc(C)c2c(CC(=O)Nc3cc(C)on3)coc2c1. The first-order valence-electron chi connectivity index (χ1n) is 6.73. The highest BCUT2D eigenvalue weighted by Crippen LogP contribution is 2.26. The lowest BCUT2D eigenvalue weighted by Crippen LogP contribution is -2.14. The zero-order valence-electron chi connectivity index (χ0n) is 12.2. The maximum Gasteiger partial charge on any atom is 0.230 e. The van der Waals surface area contributed by atoms with Crippen LogP contribution in [0.1, 0.15) is 22.5 Å². The number of anilines is 1. The fraction of sp³-hybridized carbons (Fsp3) is 0.250. The molecule has 2 heterocycles. The van der Waals surface area contributed by atoms with E-state index in [0.29, 0.717) is 11.6 Å². The van der Waals surface area contributed by atoms with Gasteiger partial charge >= 0.3 is 0 Å². The molecule has 0 spiro atoms. The van der Waals surface area contributed by atoms with Crippen molar-refractivity contribution in [1.29, 1.82) is 0 Å². The van der Waals surface area contributed by atoms with Gasteiger partial charge in [0, 0.05) is 17.0 Å². The number of amides is 1. The molecule has 108 valence electrons. The fourth-order valence-corrected chi connectivity index (χ4v) is 2.54. The molecule has 2 aromatic heterocycles. The zero-order valence-corrected chi connectivity index (χ0v) is 12.2. The van der Waals surface area contributed by atoms with Crippen molar-refractivity contribution in [3.63, 3.8) is 0 Å². The minimum atomic E-state index is -0.147. The molecule has 1 N–H and O–H groups in total. The summed E-state index contributed by atoms with van der Waals surface area (Å²) in [7, 11) is 0. The fourth-order valence-electron chi connectivity index (χ4n) is 2.54. The van der Waals surface area contributed by atoms with Gasteiger partial charge in [0.1, 0.15) is 11.3 Å². The van der Waals surface area contributed by atoms with E-state index in [1.807, 2.05) is 19.9 Å². The molecule has 5 heteroatoms. The first-order valence-corrected chi connectivity index (χ1v) is 6.73. The lowest BCUT2D eigenvalue weighted by molar-refractivity contribution is -0.115. The molecular weight excluding hydrogens is 268 g/mol. The Balaban J connectivity index is 1.83. The maximum absolute atomic E-state index is 12.1.